The number of hydrogen-bond donors (Lipinski definition) is 2. The molecular weight excluding hydrogens is 504 g/mol. The number of nitrogens with zero attached hydrogens (tertiary/aromatic N) is 3. The Morgan fingerprint density at radius 2 is 1.43 bits per heavy atom. The number of carboxylic acids is 1. The zero-order valence-electron chi connectivity index (χ0n) is 22.9. The highest BCUT2D eigenvalue weighted by molar-refractivity contribution is 5.96. The number of carbonyl (C=O) groups is 2. The zero-order valence-corrected chi connectivity index (χ0v) is 22.9. The van der Waals surface area contributed by atoms with Crippen molar-refractivity contribution in [1.29, 1.82) is 0 Å². The molecule has 1 aromatic heterocycles. The first-order valence-corrected chi connectivity index (χ1v) is 14.9. The second kappa shape index (κ2) is 11.5. The SMILES string of the molecule is O=C(N[C@H](C(=O)O)c1ccccc1)c1nc2ccccc2n([C@H]2C[C@H]3CC[C@@H](C2)N3C2CCCCCCC2)c1=O. The summed E-state index contributed by atoms with van der Waals surface area (Å²) in [4.78, 5) is 46.7. The first-order valence-electron chi connectivity index (χ1n) is 14.9. The van der Waals surface area contributed by atoms with Crippen molar-refractivity contribution in [2.45, 2.75) is 101 Å². The standard InChI is InChI=1S/C32H38N4O4/c37-30(34-28(32(39)40)21-11-5-4-6-12-21)29-31(38)36(27-16-10-9-15-26(27)33-29)25-19-23-17-18-24(20-25)35(23)22-13-7-2-1-3-8-14-22/h4-6,9-12,15-16,22-25,28H,1-3,7-8,13-14,17-20H2,(H,34,37)(H,39,40)/t23-,24+,25+,28-/m0/s1. The number of rotatable bonds is 6. The van der Waals surface area contributed by atoms with E-state index >= 15 is 0 Å². The number of carbonyl (C=O) groups excluding carboxylic acids is 1. The minimum absolute atomic E-state index is 0.0290. The van der Waals surface area contributed by atoms with Gasteiger partial charge in [0.15, 0.2) is 11.7 Å². The second-order valence-electron chi connectivity index (χ2n) is 11.7. The number of carboxylic acid groups (broad SMARTS) is 1. The lowest BCUT2D eigenvalue weighted by Crippen LogP contribution is -2.50. The maximum atomic E-state index is 14.0. The molecule has 8 heteroatoms. The first kappa shape index (κ1) is 26.7. The van der Waals surface area contributed by atoms with Crippen molar-refractivity contribution >= 4 is 22.9 Å². The van der Waals surface area contributed by atoms with Gasteiger partial charge < -0.3 is 15.0 Å². The number of aliphatic carboxylic acids is 1. The largest absolute Gasteiger partial charge is 0.479 e. The molecular formula is C32H38N4O4. The fourth-order valence-corrected chi connectivity index (χ4v) is 7.52. The van der Waals surface area contributed by atoms with Gasteiger partial charge in [-0.25, -0.2) is 9.78 Å². The number of hydrogen-bond acceptors (Lipinski definition) is 5. The summed E-state index contributed by atoms with van der Waals surface area (Å²) in [5.74, 6) is -1.96. The van der Waals surface area contributed by atoms with Gasteiger partial charge in [-0.05, 0) is 56.2 Å². The van der Waals surface area contributed by atoms with Crippen molar-refractivity contribution < 1.29 is 14.7 Å². The molecule has 0 spiro atoms. The average Bonchev–Trinajstić information content (AvgIpc) is 3.20. The van der Waals surface area contributed by atoms with Crippen LogP contribution >= 0.6 is 0 Å². The summed E-state index contributed by atoms with van der Waals surface area (Å²) in [7, 11) is 0. The van der Waals surface area contributed by atoms with Crippen LogP contribution in [0.1, 0.15) is 98.8 Å². The van der Waals surface area contributed by atoms with Crippen LogP contribution in [0.2, 0.25) is 0 Å². The van der Waals surface area contributed by atoms with Crippen LogP contribution in [0.4, 0.5) is 0 Å². The molecule has 0 radical (unpaired) electrons. The lowest BCUT2D eigenvalue weighted by molar-refractivity contribution is -0.139. The summed E-state index contributed by atoms with van der Waals surface area (Å²) in [5.41, 5.74) is 1.02. The predicted octanol–water partition coefficient (Wildman–Crippen LogP) is 5.23. The molecule has 0 unspecified atom stereocenters. The van der Waals surface area contributed by atoms with E-state index in [0.717, 1.165) is 31.2 Å². The van der Waals surface area contributed by atoms with Crippen molar-refractivity contribution in [3.05, 3.63) is 76.2 Å². The molecule has 1 amide bonds. The Hall–Kier alpha value is -3.52. The molecule has 4 atom stereocenters. The third-order valence-corrected chi connectivity index (χ3v) is 9.29. The highest BCUT2D eigenvalue weighted by atomic mass is 16.4. The van der Waals surface area contributed by atoms with E-state index < -0.39 is 23.5 Å². The maximum Gasteiger partial charge on any atom is 0.330 e. The van der Waals surface area contributed by atoms with Gasteiger partial charge in [0.25, 0.3) is 11.5 Å². The van der Waals surface area contributed by atoms with Crippen LogP contribution in [0.5, 0.6) is 0 Å². The Kier molecular flexibility index (Phi) is 7.69. The van der Waals surface area contributed by atoms with Crippen molar-refractivity contribution in [2.75, 3.05) is 0 Å². The lowest BCUT2D eigenvalue weighted by atomic mass is 9.89. The molecule has 6 rings (SSSR count). The topological polar surface area (TPSA) is 105 Å². The molecule has 3 aromatic rings. The molecule has 2 saturated heterocycles. The summed E-state index contributed by atoms with van der Waals surface area (Å²) < 4.78 is 1.79. The minimum atomic E-state index is -1.28. The number of amides is 1. The zero-order chi connectivity index (χ0) is 27.6. The van der Waals surface area contributed by atoms with E-state index in [4.69, 9.17) is 0 Å². The third kappa shape index (κ3) is 5.17. The fourth-order valence-electron chi connectivity index (χ4n) is 7.52. The Labute approximate surface area is 234 Å². The number of nitrogens with one attached hydrogen (secondary N) is 1. The molecule has 3 aliphatic rings. The van der Waals surface area contributed by atoms with Crippen molar-refractivity contribution in [2.24, 2.45) is 0 Å². The third-order valence-electron chi connectivity index (χ3n) is 9.29. The number of aromatic nitrogens is 2. The molecule has 210 valence electrons. The smallest absolute Gasteiger partial charge is 0.330 e. The van der Waals surface area contributed by atoms with E-state index in [2.05, 4.69) is 15.2 Å². The van der Waals surface area contributed by atoms with Crippen molar-refractivity contribution in [3.63, 3.8) is 0 Å². The van der Waals surface area contributed by atoms with Crippen LogP contribution in [-0.2, 0) is 4.79 Å². The molecule has 40 heavy (non-hydrogen) atoms. The lowest BCUT2D eigenvalue weighted by Gasteiger charge is -2.45. The summed E-state index contributed by atoms with van der Waals surface area (Å²) in [5, 5.41) is 12.4. The van der Waals surface area contributed by atoms with Crippen LogP contribution in [-0.4, -0.2) is 49.6 Å². The average molecular weight is 543 g/mol. The van der Waals surface area contributed by atoms with Gasteiger partial charge in [0, 0.05) is 24.2 Å². The molecule has 1 aliphatic carbocycles. The summed E-state index contributed by atoms with van der Waals surface area (Å²) in [6.45, 7) is 0. The highest BCUT2D eigenvalue weighted by Crippen LogP contribution is 2.44. The van der Waals surface area contributed by atoms with Crippen LogP contribution < -0.4 is 10.9 Å². The Morgan fingerprint density at radius 1 is 0.800 bits per heavy atom. The number of fused-ring (bicyclic) bond motifs is 3. The molecule has 3 fully saturated rings. The van der Waals surface area contributed by atoms with Gasteiger partial charge in [-0.15, -0.1) is 0 Å². The van der Waals surface area contributed by atoms with Gasteiger partial charge in [-0.1, -0.05) is 74.6 Å². The van der Waals surface area contributed by atoms with Gasteiger partial charge in [0.05, 0.1) is 11.0 Å². The van der Waals surface area contributed by atoms with Crippen LogP contribution in [0, 0.1) is 0 Å². The summed E-state index contributed by atoms with van der Waals surface area (Å²) in [6.07, 6.45) is 13.2. The van der Waals surface area contributed by atoms with E-state index in [1.165, 1.54) is 44.9 Å². The fraction of sp³-hybridized carbons (Fsp3) is 0.500. The van der Waals surface area contributed by atoms with Gasteiger partial charge in [-0.3, -0.25) is 14.5 Å². The molecule has 8 nitrogen and oxygen atoms in total. The van der Waals surface area contributed by atoms with Gasteiger partial charge in [0.1, 0.15) is 0 Å². The minimum Gasteiger partial charge on any atom is -0.479 e. The Bertz CT molecular complexity index is 1420. The quantitative estimate of drug-likeness (QED) is 0.442. The normalized spacial score (nSPS) is 24.8. The number of para-hydroxylation sites is 2. The van der Waals surface area contributed by atoms with Crippen molar-refractivity contribution in [3.8, 4) is 0 Å². The van der Waals surface area contributed by atoms with Gasteiger partial charge in [-0.2, -0.15) is 0 Å². The van der Waals surface area contributed by atoms with E-state index in [0.29, 0.717) is 29.2 Å². The number of piperidine rings is 1. The first-order chi connectivity index (χ1) is 19.5. The summed E-state index contributed by atoms with van der Waals surface area (Å²) in [6, 6.07) is 16.2. The van der Waals surface area contributed by atoms with Gasteiger partial charge in [0.2, 0.25) is 0 Å². The second-order valence-corrected chi connectivity index (χ2v) is 11.7. The Balaban J connectivity index is 1.31. The molecule has 2 bridgehead atoms. The van der Waals surface area contributed by atoms with E-state index in [1.807, 2.05) is 24.3 Å². The monoisotopic (exact) mass is 542 g/mol. The molecule has 2 N–H and O–H groups in total. The Morgan fingerprint density at radius 3 is 2.10 bits per heavy atom. The van der Waals surface area contributed by atoms with E-state index in [9.17, 15) is 19.5 Å². The van der Waals surface area contributed by atoms with Crippen LogP contribution in [0.3, 0.4) is 0 Å². The van der Waals surface area contributed by atoms with E-state index in [-0.39, 0.29) is 11.7 Å². The summed E-state index contributed by atoms with van der Waals surface area (Å²) >= 11 is 0. The maximum absolute atomic E-state index is 14.0. The molecule has 2 aromatic carbocycles. The van der Waals surface area contributed by atoms with Crippen molar-refractivity contribution in [1.82, 2.24) is 19.8 Å². The van der Waals surface area contributed by atoms with E-state index in [1.54, 1.807) is 34.9 Å². The predicted molar refractivity (Wildman–Crippen MR) is 153 cm³/mol. The highest BCUT2D eigenvalue weighted by Gasteiger charge is 2.44. The van der Waals surface area contributed by atoms with Crippen LogP contribution in [0.15, 0.2) is 59.4 Å². The molecule has 1 saturated carbocycles. The number of benzene rings is 2. The van der Waals surface area contributed by atoms with Gasteiger partial charge >= 0.3 is 5.97 Å². The molecule has 3 heterocycles. The molecule has 2 aliphatic heterocycles. The van der Waals surface area contributed by atoms with Crippen LogP contribution in [0.25, 0.3) is 11.0 Å².